The number of hydrogen-bond donors (Lipinski definition) is 1. The minimum atomic E-state index is 0.501. The summed E-state index contributed by atoms with van der Waals surface area (Å²) in [4.78, 5) is 4.65. The van der Waals surface area contributed by atoms with E-state index in [0.29, 0.717) is 6.54 Å². The first-order valence-corrected chi connectivity index (χ1v) is 6.21. The highest BCUT2D eigenvalue weighted by atomic mass is 35.5. The summed E-state index contributed by atoms with van der Waals surface area (Å²) in [5.41, 5.74) is 9.24. The van der Waals surface area contributed by atoms with Crippen LogP contribution in [0.5, 0.6) is 0 Å². The second kappa shape index (κ2) is 4.17. The Balaban J connectivity index is 2.12. The van der Waals surface area contributed by atoms with Crippen LogP contribution in [0.2, 0.25) is 5.02 Å². The summed E-state index contributed by atoms with van der Waals surface area (Å²) in [5.74, 6) is 0.988. The number of halogens is 1. The molecule has 3 rings (SSSR count). The molecule has 0 saturated heterocycles. The summed E-state index contributed by atoms with van der Waals surface area (Å²) < 4.78 is 2.25. The van der Waals surface area contributed by atoms with Crippen molar-refractivity contribution in [1.82, 2.24) is 9.55 Å². The number of fused-ring (bicyclic) bond motifs is 1. The Morgan fingerprint density at radius 1 is 1.29 bits per heavy atom. The Morgan fingerprint density at radius 2 is 2.06 bits per heavy atom. The average molecular weight is 248 g/mol. The van der Waals surface area contributed by atoms with Gasteiger partial charge in [-0.2, -0.15) is 0 Å². The summed E-state index contributed by atoms with van der Waals surface area (Å²) in [6.07, 6.45) is 2.27. The molecule has 0 spiro atoms. The first-order valence-electron chi connectivity index (χ1n) is 5.84. The van der Waals surface area contributed by atoms with E-state index < -0.39 is 0 Å². The molecule has 2 aromatic rings. The Hall–Kier alpha value is -1.32. The lowest BCUT2D eigenvalue weighted by molar-refractivity contribution is 0.689. The van der Waals surface area contributed by atoms with E-state index in [1.165, 1.54) is 12.1 Å². The van der Waals surface area contributed by atoms with Gasteiger partial charge in [0.05, 0.1) is 12.2 Å². The van der Waals surface area contributed by atoms with Crippen LogP contribution in [0.3, 0.4) is 0 Å². The van der Waals surface area contributed by atoms with Crippen molar-refractivity contribution in [2.45, 2.75) is 25.9 Å². The van der Waals surface area contributed by atoms with Gasteiger partial charge in [0.2, 0.25) is 0 Å². The molecular weight excluding hydrogens is 234 g/mol. The Labute approximate surface area is 105 Å². The quantitative estimate of drug-likeness (QED) is 0.887. The molecule has 0 fully saturated rings. The van der Waals surface area contributed by atoms with Crippen molar-refractivity contribution in [1.29, 1.82) is 0 Å². The van der Waals surface area contributed by atoms with Gasteiger partial charge in [0, 0.05) is 22.8 Å². The normalized spacial score (nSPS) is 14.0. The van der Waals surface area contributed by atoms with Crippen LogP contribution in [-0.4, -0.2) is 9.55 Å². The largest absolute Gasteiger partial charge is 0.330 e. The maximum Gasteiger partial charge on any atom is 0.123 e. The minimum absolute atomic E-state index is 0.501. The van der Waals surface area contributed by atoms with Gasteiger partial charge in [0.1, 0.15) is 5.82 Å². The average Bonchev–Trinajstić information content (AvgIpc) is 2.91. The third kappa shape index (κ3) is 1.75. The summed E-state index contributed by atoms with van der Waals surface area (Å²) in [5, 5.41) is 0.753. The fourth-order valence-corrected chi connectivity index (χ4v) is 2.58. The standard InChI is InChI=1S/C13H14ClN3/c14-10-5-3-9(4-6-10)13-11-2-1-7-17(11)12(8-15)16-13/h3-6H,1-2,7-8,15H2. The third-order valence-electron chi connectivity index (χ3n) is 3.25. The number of hydrogen-bond acceptors (Lipinski definition) is 2. The van der Waals surface area contributed by atoms with Crippen LogP contribution in [0.4, 0.5) is 0 Å². The first-order chi connectivity index (χ1) is 8.29. The summed E-state index contributed by atoms with van der Waals surface area (Å²) in [6, 6.07) is 7.84. The molecule has 0 saturated carbocycles. The molecule has 1 aromatic carbocycles. The highest BCUT2D eigenvalue weighted by Gasteiger charge is 2.21. The lowest BCUT2D eigenvalue weighted by Gasteiger charge is -2.00. The second-order valence-corrected chi connectivity index (χ2v) is 4.73. The molecule has 4 heteroatoms. The lowest BCUT2D eigenvalue weighted by atomic mass is 10.1. The molecule has 2 N–H and O–H groups in total. The molecule has 88 valence electrons. The van der Waals surface area contributed by atoms with E-state index in [1.54, 1.807) is 0 Å². The zero-order valence-corrected chi connectivity index (χ0v) is 10.2. The van der Waals surface area contributed by atoms with Crippen molar-refractivity contribution in [3.05, 3.63) is 40.8 Å². The first kappa shape index (κ1) is 10.8. The van der Waals surface area contributed by atoms with Crippen LogP contribution in [0.1, 0.15) is 17.9 Å². The predicted octanol–water partition coefficient (Wildman–Crippen LogP) is 2.61. The van der Waals surface area contributed by atoms with Crippen molar-refractivity contribution >= 4 is 11.6 Å². The number of nitrogens with two attached hydrogens (primary N) is 1. The highest BCUT2D eigenvalue weighted by Crippen LogP contribution is 2.29. The second-order valence-electron chi connectivity index (χ2n) is 4.29. The molecular formula is C13H14ClN3. The Kier molecular flexibility index (Phi) is 2.65. The molecule has 0 atom stereocenters. The molecule has 2 heterocycles. The van der Waals surface area contributed by atoms with E-state index in [4.69, 9.17) is 17.3 Å². The van der Waals surface area contributed by atoms with Gasteiger partial charge in [0.15, 0.2) is 0 Å². The van der Waals surface area contributed by atoms with E-state index in [2.05, 4.69) is 9.55 Å². The summed E-state index contributed by atoms with van der Waals surface area (Å²) in [6.45, 7) is 1.54. The fraction of sp³-hybridized carbons (Fsp3) is 0.308. The van der Waals surface area contributed by atoms with Crippen LogP contribution >= 0.6 is 11.6 Å². The molecule has 0 aliphatic carbocycles. The molecule has 17 heavy (non-hydrogen) atoms. The lowest BCUT2D eigenvalue weighted by Crippen LogP contribution is -2.06. The van der Waals surface area contributed by atoms with Gasteiger partial charge in [-0.05, 0) is 25.0 Å². The van der Waals surface area contributed by atoms with E-state index in [1.807, 2.05) is 24.3 Å². The minimum Gasteiger partial charge on any atom is -0.330 e. The number of nitrogens with zero attached hydrogens (tertiary/aromatic N) is 2. The SMILES string of the molecule is NCc1nc(-c2ccc(Cl)cc2)c2n1CCC2. The third-order valence-corrected chi connectivity index (χ3v) is 3.50. The van der Waals surface area contributed by atoms with E-state index >= 15 is 0 Å². The van der Waals surface area contributed by atoms with Crippen LogP contribution in [0, 0.1) is 0 Å². The molecule has 1 aromatic heterocycles. The number of imidazole rings is 1. The molecule has 0 bridgehead atoms. The molecule has 1 aliphatic heterocycles. The van der Waals surface area contributed by atoms with E-state index in [0.717, 1.165) is 35.1 Å². The van der Waals surface area contributed by atoms with Gasteiger partial charge in [-0.1, -0.05) is 23.7 Å². The van der Waals surface area contributed by atoms with Crippen LogP contribution < -0.4 is 5.73 Å². The van der Waals surface area contributed by atoms with Crippen molar-refractivity contribution in [3.8, 4) is 11.3 Å². The molecule has 1 aliphatic rings. The van der Waals surface area contributed by atoms with E-state index in [9.17, 15) is 0 Å². The van der Waals surface area contributed by atoms with Crippen LogP contribution in [-0.2, 0) is 19.5 Å². The van der Waals surface area contributed by atoms with Crippen LogP contribution in [0.15, 0.2) is 24.3 Å². The summed E-state index contributed by atoms with van der Waals surface area (Å²) >= 11 is 5.90. The number of aromatic nitrogens is 2. The van der Waals surface area contributed by atoms with Crippen molar-refractivity contribution in [2.24, 2.45) is 5.73 Å². The molecule has 0 amide bonds. The molecule has 3 nitrogen and oxygen atoms in total. The number of rotatable bonds is 2. The van der Waals surface area contributed by atoms with Gasteiger partial charge < -0.3 is 10.3 Å². The fourth-order valence-electron chi connectivity index (χ4n) is 2.45. The zero-order chi connectivity index (χ0) is 11.8. The molecule has 0 radical (unpaired) electrons. The smallest absolute Gasteiger partial charge is 0.123 e. The summed E-state index contributed by atoms with van der Waals surface area (Å²) in [7, 11) is 0. The maximum absolute atomic E-state index is 5.90. The Bertz CT molecular complexity index is 543. The van der Waals surface area contributed by atoms with E-state index in [-0.39, 0.29) is 0 Å². The van der Waals surface area contributed by atoms with Gasteiger partial charge in [-0.15, -0.1) is 0 Å². The molecule has 0 unspecified atom stereocenters. The van der Waals surface area contributed by atoms with Crippen molar-refractivity contribution < 1.29 is 0 Å². The Morgan fingerprint density at radius 3 is 2.76 bits per heavy atom. The zero-order valence-electron chi connectivity index (χ0n) is 9.49. The van der Waals surface area contributed by atoms with Gasteiger partial charge in [0.25, 0.3) is 0 Å². The van der Waals surface area contributed by atoms with Crippen molar-refractivity contribution in [2.75, 3.05) is 0 Å². The maximum atomic E-state index is 5.90. The van der Waals surface area contributed by atoms with Gasteiger partial charge in [-0.3, -0.25) is 0 Å². The topological polar surface area (TPSA) is 43.8 Å². The predicted molar refractivity (Wildman–Crippen MR) is 68.9 cm³/mol. The highest BCUT2D eigenvalue weighted by molar-refractivity contribution is 6.30. The van der Waals surface area contributed by atoms with Gasteiger partial charge in [-0.25, -0.2) is 4.98 Å². The van der Waals surface area contributed by atoms with Crippen LogP contribution in [0.25, 0.3) is 11.3 Å². The monoisotopic (exact) mass is 247 g/mol. The number of benzene rings is 1. The van der Waals surface area contributed by atoms with Crippen molar-refractivity contribution in [3.63, 3.8) is 0 Å². The van der Waals surface area contributed by atoms with Gasteiger partial charge >= 0.3 is 0 Å².